The summed E-state index contributed by atoms with van der Waals surface area (Å²) in [4.78, 5) is 0. The van der Waals surface area contributed by atoms with Crippen LogP contribution >= 0.6 is 22.6 Å². The van der Waals surface area contributed by atoms with Crippen LogP contribution in [0.2, 0.25) is 0 Å². The van der Waals surface area contributed by atoms with Crippen LogP contribution in [0.4, 0.5) is 5.69 Å². The van der Waals surface area contributed by atoms with Gasteiger partial charge in [0, 0.05) is 9.26 Å². The van der Waals surface area contributed by atoms with E-state index in [0.29, 0.717) is 5.92 Å². The van der Waals surface area contributed by atoms with E-state index in [2.05, 4.69) is 74.6 Å². The molecule has 1 aromatic heterocycles. The SMILES string of the molecule is COc1ccc(-n2nnnc2[C@@]2(Nc3ccc(I)cc3)CCCC[C@H]2C)cc1. The number of hydrogen-bond acceptors (Lipinski definition) is 5. The minimum Gasteiger partial charge on any atom is -0.497 e. The predicted molar refractivity (Wildman–Crippen MR) is 118 cm³/mol. The molecular weight excluding hydrogens is 465 g/mol. The molecule has 2 atom stereocenters. The fraction of sp³-hybridized carbons (Fsp3) is 0.381. The zero-order valence-electron chi connectivity index (χ0n) is 16.1. The standard InChI is InChI=1S/C21H24IN5O/c1-15-5-3-4-14-21(15,23-17-8-6-16(22)7-9-17)20-24-25-26-27(20)18-10-12-19(28-2)13-11-18/h6-13,15,23H,3-5,14H2,1-2H3/t15-,21-/m1/s1. The van der Waals surface area contributed by atoms with Crippen molar-refractivity contribution in [2.24, 2.45) is 5.92 Å². The Hall–Kier alpha value is -2.16. The van der Waals surface area contributed by atoms with E-state index in [1.807, 2.05) is 28.9 Å². The van der Waals surface area contributed by atoms with Crippen LogP contribution in [0.15, 0.2) is 48.5 Å². The lowest BCUT2D eigenvalue weighted by atomic mass is 9.72. The summed E-state index contributed by atoms with van der Waals surface area (Å²) in [5.41, 5.74) is 1.72. The fourth-order valence-electron chi connectivity index (χ4n) is 4.07. The van der Waals surface area contributed by atoms with Crippen LogP contribution in [-0.4, -0.2) is 27.3 Å². The van der Waals surface area contributed by atoms with E-state index in [1.165, 1.54) is 9.99 Å². The molecule has 0 saturated heterocycles. The lowest BCUT2D eigenvalue weighted by molar-refractivity contribution is 0.215. The van der Waals surface area contributed by atoms with Crippen LogP contribution in [0.25, 0.3) is 5.69 Å². The van der Waals surface area contributed by atoms with E-state index in [9.17, 15) is 0 Å². The first-order chi connectivity index (χ1) is 13.6. The minimum atomic E-state index is -0.311. The van der Waals surface area contributed by atoms with Crippen molar-refractivity contribution in [2.45, 2.75) is 38.1 Å². The van der Waals surface area contributed by atoms with Crippen LogP contribution < -0.4 is 10.1 Å². The zero-order valence-corrected chi connectivity index (χ0v) is 18.3. The van der Waals surface area contributed by atoms with Gasteiger partial charge in [0.2, 0.25) is 0 Å². The van der Waals surface area contributed by atoms with Gasteiger partial charge >= 0.3 is 0 Å². The molecule has 0 spiro atoms. The molecule has 1 heterocycles. The number of benzene rings is 2. The highest BCUT2D eigenvalue weighted by Gasteiger charge is 2.44. The summed E-state index contributed by atoms with van der Waals surface area (Å²) in [6, 6.07) is 16.4. The average molecular weight is 489 g/mol. The molecule has 0 aliphatic heterocycles. The number of aromatic nitrogens is 4. The van der Waals surface area contributed by atoms with Gasteiger partial charge in [0.15, 0.2) is 5.82 Å². The van der Waals surface area contributed by atoms with Gasteiger partial charge in [-0.25, -0.2) is 0 Å². The summed E-state index contributed by atoms with van der Waals surface area (Å²) in [7, 11) is 1.67. The van der Waals surface area contributed by atoms with Gasteiger partial charge in [0.25, 0.3) is 0 Å². The molecule has 4 rings (SSSR count). The van der Waals surface area contributed by atoms with Gasteiger partial charge in [-0.1, -0.05) is 19.8 Å². The maximum Gasteiger partial charge on any atom is 0.182 e. The second kappa shape index (κ2) is 8.06. The van der Waals surface area contributed by atoms with Crippen molar-refractivity contribution in [2.75, 3.05) is 12.4 Å². The maximum atomic E-state index is 5.28. The lowest BCUT2D eigenvalue weighted by Crippen LogP contribution is -2.46. The monoisotopic (exact) mass is 489 g/mol. The van der Waals surface area contributed by atoms with E-state index in [0.717, 1.165) is 42.2 Å². The quantitative estimate of drug-likeness (QED) is 0.522. The van der Waals surface area contributed by atoms with Crippen molar-refractivity contribution in [3.63, 3.8) is 0 Å². The molecule has 3 aromatic rings. The lowest BCUT2D eigenvalue weighted by Gasteiger charge is -2.42. The van der Waals surface area contributed by atoms with E-state index in [1.54, 1.807) is 7.11 Å². The third-order valence-electron chi connectivity index (χ3n) is 5.70. The minimum absolute atomic E-state index is 0.311. The Bertz CT molecular complexity index is 925. The van der Waals surface area contributed by atoms with Crippen molar-refractivity contribution in [3.05, 3.63) is 57.9 Å². The highest BCUT2D eigenvalue weighted by Crippen LogP contribution is 2.43. The molecule has 1 aliphatic rings. The van der Waals surface area contributed by atoms with Crippen LogP contribution in [-0.2, 0) is 5.54 Å². The molecule has 28 heavy (non-hydrogen) atoms. The second-order valence-electron chi connectivity index (χ2n) is 7.36. The Morgan fingerprint density at radius 1 is 1.11 bits per heavy atom. The van der Waals surface area contributed by atoms with Crippen molar-refractivity contribution < 1.29 is 4.74 Å². The highest BCUT2D eigenvalue weighted by atomic mass is 127. The van der Waals surface area contributed by atoms with Crippen molar-refractivity contribution in [3.8, 4) is 11.4 Å². The molecule has 0 amide bonds. The second-order valence-corrected chi connectivity index (χ2v) is 8.61. The molecule has 7 heteroatoms. The molecule has 146 valence electrons. The number of tetrazole rings is 1. The zero-order chi connectivity index (χ0) is 19.6. The van der Waals surface area contributed by atoms with E-state index in [4.69, 9.17) is 4.74 Å². The van der Waals surface area contributed by atoms with Gasteiger partial charge in [-0.3, -0.25) is 0 Å². The summed E-state index contributed by atoms with van der Waals surface area (Å²) >= 11 is 2.33. The van der Waals surface area contributed by atoms with Gasteiger partial charge < -0.3 is 10.1 Å². The summed E-state index contributed by atoms with van der Waals surface area (Å²) in [6.45, 7) is 2.30. The van der Waals surface area contributed by atoms with E-state index < -0.39 is 0 Å². The smallest absolute Gasteiger partial charge is 0.182 e. The number of methoxy groups -OCH3 is 1. The first-order valence-corrected chi connectivity index (χ1v) is 10.7. The molecule has 1 saturated carbocycles. The molecule has 1 aliphatic carbocycles. The fourth-order valence-corrected chi connectivity index (χ4v) is 4.43. The van der Waals surface area contributed by atoms with Crippen molar-refractivity contribution >= 4 is 28.3 Å². The number of nitrogens with zero attached hydrogens (tertiary/aromatic N) is 4. The molecule has 0 bridgehead atoms. The average Bonchev–Trinajstić information content (AvgIpc) is 3.22. The molecule has 1 N–H and O–H groups in total. The Kier molecular flexibility index (Phi) is 5.52. The molecular formula is C21H24IN5O. The van der Waals surface area contributed by atoms with Crippen LogP contribution in [0, 0.1) is 9.49 Å². The Labute approximate surface area is 178 Å². The number of hydrogen-bond donors (Lipinski definition) is 1. The number of nitrogens with one attached hydrogen (secondary N) is 1. The third kappa shape index (κ3) is 3.59. The van der Waals surface area contributed by atoms with Crippen LogP contribution in [0.1, 0.15) is 38.4 Å². The highest BCUT2D eigenvalue weighted by molar-refractivity contribution is 14.1. The first-order valence-electron chi connectivity index (χ1n) is 9.59. The van der Waals surface area contributed by atoms with Gasteiger partial charge in [-0.05, 0) is 100 Å². The maximum absolute atomic E-state index is 5.28. The third-order valence-corrected chi connectivity index (χ3v) is 6.42. The normalized spacial score (nSPS) is 22.0. The van der Waals surface area contributed by atoms with Crippen molar-refractivity contribution in [1.82, 2.24) is 20.2 Å². The van der Waals surface area contributed by atoms with Gasteiger partial charge in [0.05, 0.1) is 12.8 Å². The molecule has 0 unspecified atom stereocenters. The van der Waals surface area contributed by atoms with Gasteiger partial charge in [0.1, 0.15) is 11.3 Å². The van der Waals surface area contributed by atoms with E-state index in [-0.39, 0.29) is 5.54 Å². The van der Waals surface area contributed by atoms with Crippen LogP contribution in [0.5, 0.6) is 5.75 Å². The summed E-state index contributed by atoms with van der Waals surface area (Å²) in [5.74, 6) is 2.09. The van der Waals surface area contributed by atoms with E-state index >= 15 is 0 Å². The van der Waals surface area contributed by atoms with Crippen molar-refractivity contribution in [1.29, 1.82) is 0 Å². The Morgan fingerprint density at radius 3 is 2.54 bits per heavy atom. The van der Waals surface area contributed by atoms with Gasteiger partial charge in [-0.2, -0.15) is 4.68 Å². The summed E-state index contributed by atoms with van der Waals surface area (Å²) < 4.78 is 8.37. The largest absolute Gasteiger partial charge is 0.497 e. The molecule has 1 fully saturated rings. The topological polar surface area (TPSA) is 64.9 Å². The molecule has 0 radical (unpaired) electrons. The van der Waals surface area contributed by atoms with Gasteiger partial charge in [-0.15, -0.1) is 5.10 Å². The first kappa shape index (κ1) is 19.2. The molecule has 6 nitrogen and oxygen atoms in total. The summed E-state index contributed by atoms with van der Waals surface area (Å²) in [6.07, 6.45) is 4.53. The van der Waals surface area contributed by atoms with Crippen LogP contribution in [0.3, 0.4) is 0 Å². The summed E-state index contributed by atoms with van der Waals surface area (Å²) in [5, 5.41) is 16.7. The number of halogens is 1. The number of rotatable bonds is 5. The Balaban J connectivity index is 1.77. The number of ether oxygens (including phenoxy) is 1. The Morgan fingerprint density at radius 2 is 1.86 bits per heavy atom. The molecule has 2 aromatic carbocycles. The number of anilines is 1. The predicted octanol–water partition coefficient (Wildman–Crippen LogP) is 4.79.